The highest BCUT2D eigenvalue weighted by Crippen LogP contribution is 2.21. The summed E-state index contributed by atoms with van der Waals surface area (Å²) in [5, 5.41) is 0.385. The first-order chi connectivity index (χ1) is 9.65. The van der Waals surface area contributed by atoms with E-state index < -0.39 is 0 Å². The molecule has 0 atom stereocenters. The van der Waals surface area contributed by atoms with Crippen molar-refractivity contribution in [2.24, 2.45) is 0 Å². The molecule has 0 unspecified atom stereocenters. The Morgan fingerprint density at radius 1 is 1.15 bits per heavy atom. The lowest BCUT2D eigenvalue weighted by atomic mass is 9.98. The van der Waals surface area contributed by atoms with E-state index in [-0.39, 0.29) is 24.8 Å². The number of imide groups is 1. The highest BCUT2D eigenvalue weighted by molar-refractivity contribution is 6.29. The Morgan fingerprint density at radius 2 is 1.95 bits per heavy atom. The van der Waals surface area contributed by atoms with Crippen molar-refractivity contribution in [3.8, 4) is 0 Å². The van der Waals surface area contributed by atoms with Gasteiger partial charge in [0.1, 0.15) is 5.15 Å². The maximum atomic E-state index is 12.4. The summed E-state index contributed by atoms with van der Waals surface area (Å²) >= 11 is 5.72. The van der Waals surface area contributed by atoms with Crippen LogP contribution < -0.4 is 0 Å². The molecule has 1 aliphatic heterocycles. The average molecular weight is 287 g/mol. The predicted molar refractivity (Wildman–Crippen MR) is 74.3 cm³/mol. The number of nitrogens with zero attached hydrogens (tertiary/aromatic N) is 2. The van der Waals surface area contributed by atoms with Crippen molar-refractivity contribution < 1.29 is 9.59 Å². The number of aromatic nitrogens is 1. The molecule has 20 heavy (non-hydrogen) atoms. The van der Waals surface area contributed by atoms with Crippen molar-refractivity contribution in [2.75, 3.05) is 0 Å². The molecule has 2 aromatic rings. The molecule has 0 radical (unpaired) electrons. The number of pyridine rings is 1. The fourth-order valence-electron chi connectivity index (χ4n) is 2.24. The summed E-state index contributed by atoms with van der Waals surface area (Å²) in [7, 11) is 0. The van der Waals surface area contributed by atoms with Crippen molar-refractivity contribution in [3.63, 3.8) is 0 Å². The fourth-order valence-corrected chi connectivity index (χ4v) is 2.35. The van der Waals surface area contributed by atoms with E-state index in [2.05, 4.69) is 4.98 Å². The third-order valence-corrected chi connectivity index (χ3v) is 3.49. The Morgan fingerprint density at radius 3 is 2.70 bits per heavy atom. The van der Waals surface area contributed by atoms with E-state index in [1.807, 2.05) is 12.1 Å². The smallest absolute Gasteiger partial charge is 0.261 e. The van der Waals surface area contributed by atoms with E-state index >= 15 is 0 Å². The number of hydrogen-bond donors (Lipinski definition) is 0. The SMILES string of the molecule is O=C1Cc2ccccc2C(=O)N1Cc1ccc(Cl)nc1. The van der Waals surface area contributed by atoms with Gasteiger partial charge in [-0.05, 0) is 23.3 Å². The van der Waals surface area contributed by atoms with Crippen LogP contribution in [0.25, 0.3) is 0 Å². The van der Waals surface area contributed by atoms with Crippen molar-refractivity contribution >= 4 is 23.4 Å². The van der Waals surface area contributed by atoms with Gasteiger partial charge in [0.05, 0.1) is 13.0 Å². The van der Waals surface area contributed by atoms with E-state index in [4.69, 9.17) is 11.6 Å². The first-order valence-corrected chi connectivity index (χ1v) is 6.56. The predicted octanol–water partition coefficient (Wildman–Crippen LogP) is 2.46. The summed E-state index contributed by atoms with van der Waals surface area (Å²) in [5.74, 6) is -0.449. The minimum absolute atomic E-state index is 0.191. The Kier molecular flexibility index (Phi) is 3.24. The van der Waals surface area contributed by atoms with Crippen molar-refractivity contribution in [1.29, 1.82) is 0 Å². The van der Waals surface area contributed by atoms with Gasteiger partial charge in [0, 0.05) is 11.8 Å². The topological polar surface area (TPSA) is 50.3 Å². The van der Waals surface area contributed by atoms with Crippen LogP contribution in [0.15, 0.2) is 42.6 Å². The van der Waals surface area contributed by atoms with Gasteiger partial charge in [0.25, 0.3) is 5.91 Å². The number of halogens is 1. The fraction of sp³-hybridized carbons (Fsp3) is 0.133. The van der Waals surface area contributed by atoms with Gasteiger partial charge in [-0.15, -0.1) is 0 Å². The van der Waals surface area contributed by atoms with Crippen LogP contribution in [-0.2, 0) is 17.8 Å². The van der Waals surface area contributed by atoms with Gasteiger partial charge in [-0.2, -0.15) is 0 Å². The van der Waals surface area contributed by atoms with Gasteiger partial charge in [-0.25, -0.2) is 4.98 Å². The summed E-state index contributed by atoms with van der Waals surface area (Å²) in [5.41, 5.74) is 2.15. The quantitative estimate of drug-likeness (QED) is 0.629. The number of amides is 2. The minimum atomic E-state index is -0.258. The first-order valence-electron chi connectivity index (χ1n) is 6.18. The van der Waals surface area contributed by atoms with Gasteiger partial charge in [-0.3, -0.25) is 14.5 Å². The van der Waals surface area contributed by atoms with Crippen molar-refractivity contribution in [3.05, 3.63) is 64.4 Å². The van der Waals surface area contributed by atoms with Gasteiger partial charge < -0.3 is 0 Å². The van der Waals surface area contributed by atoms with Crippen molar-refractivity contribution in [1.82, 2.24) is 9.88 Å². The molecule has 4 nitrogen and oxygen atoms in total. The largest absolute Gasteiger partial charge is 0.274 e. The molecule has 1 aliphatic rings. The zero-order valence-electron chi connectivity index (χ0n) is 10.5. The number of carbonyl (C=O) groups excluding carboxylic acids is 2. The molecule has 2 amide bonds. The molecule has 0 saturated carbocycles. The molecule has 5 heteroatoms. The second-order valence-corrected chi connectivity index (χ2v) is 5.00. The Balaban J connectivity index is 1.89. The van der Waals surface area contributed by atoms with Crippen molar-refractivity contribution in [2.45, 2.75) is 13.0 Å². The van der Waals surface area contributed by atoms with E-state index in [1.54, 1.807) is 30.5 Å². The minimum Gasteiger partial charge on any atom is -0.274 e. The summed E-state index contributed by atoms with van der Waals surface area (Å²) in [6, 6.07) is 10.6. The van der Waals surface area contributed by atoms with Gasteiger partial charge in [0.15, 0.2) is 0 Å². The third kappa shape index (κ3) is 2.30. The molecular weight excluding hydrogens is 276 g/mol. The van der Waals surface area contributed by atoms with Crippen LogP contribution in [-0.4, -0.2) is 21.7 Å². The zero-order chi connectivity index (χ0) is 14.1. The lowest BCUT2D eigenvalue weighted by molar-refractivity contribution is -0.128. The Bertz CT molecular complexity index is 683. The van der Waals surface area contributed by atoms with Gasteiger partial charge >= 0.3 is 0 Å². The van der Waals surface area contributed by atoms with Gasteiger partial charge in [0.2, 0.25) is 5.91 Å². The van der Waals surface area contributed by atoms with E-state index in [0.29, 0.717) is 10.7 Å². The molecule has 100 valence electrons. The molecule has 1 aromatic heterocycles. The summed E-state index contributed by atoms with van der Waals surface area (Å²) < 4.78 is 0. The third-order valence-electron chi connectivity index (χ3n) is 3.26. The van der Waals surface area contributed by atoms with E-state index in [1.165, 1.54) is 4.90 Å². The highest BCUT2D eigenvalue weighted by atomic mass is 35.5. The van der Waals surface area contributed by atoms with E-state index in [9.17, 15) is 9.59 Å². The molecule has 0 bridgehead atoms. The maximum Gasteiger partial charge on any atom is 0.261 e. The molecule has 0 spiro atoms. The van der Waals surface area contributed by atoms with Crippen LogP contribution in [0, 0.1) is 0 Å². The normalized spacial score (nSPS) is 14.3. The summed E-state index contributed by atoms with van der Waals surface area (Å²) in [6.45, 7) is 0.218. The van der Waals surface area contributed by atoms with E-state index in [0.717, 1.165) is 11.1 Å². The van der Waals surface area contributed by atoms with Crippen LogP contribution in [0.5, 0.6) is 0 Å². The second kappa shape index (κ2) is 5.06. The number of carbonyl (C=O) groups is 2. The molecule has 0 fully saturated rings. The zero-order valence-corrected chi connectivity index (χ0v) is 11.3. The number of benzene rings is 1. The molecule has 1 aromatic carbocycles. The second-order valence-electron chi connectivity index (χ2n) is 4.61. The standard InChI is InChI=1S/C15H11ClN2O2/c16-13-6-5-10(8-17-13)9-18-14(19)7-11-3-1-2-4-12(11)15(18)20/h1-6,8H,7,9H2. The number of fused-ring (bicyclic) bond motifs is 1. The monoisotopic (exact) mass is 286 g/mol. The van der Waals surface area contributed by atoms with Crippen LogP contribution >= 0.6 is 11.6 Å². The molecular formula is C15H11ClN2O2. The summed E-state index contributed by atoms with van der Waals surface area (Å²) in [4.78, 5) is 29.7. The Labute approximate surface area is 121 Å². The molecule has 3 rings (SSSR count). The van der Waals surface area contributed by atoms with Crippen LogP contribution in [0.1, 0.15) is 21.5 Å². The lowest BCUT2D eigenvalue weighted by Crippen LogP contribution is -2.41. The van der Waals surface area contributed by atoms with Crippen LogP contribution in [0.2, 0.25) is 5.15 Å². The molecule has 2 heterocycles. The maximum absolute atomic E-state index is 12.4. The molecule has 0 saturated heterocycles. The van der Waals surface area contributed by atoms with Crippen LogP contribution in [0.4, 0.5) is 0 Å². The highest BCUT2D eigenvalue weighted by Gasteiger charge is 2.30. The number of hydrogen-bond acceptors (Lipinski definition) is 3. The van der Waals surface area contributed by atoms with Gasteiger partial charge in [-0.1, -0.05) is 35.9 Å². The lowest BCUT2D eigenvalue weighted by Gasteiger charge is -2.26. The number of rotatable bonds is 2. The first kappa shape index (κ1) is 12.8. The van der Waals surface area contributed by atoms with Crippen LogP contribution in [0.3, 0.4) is 0 Å². The average Bonchev–Trinajstić information content (AvgIpc) is 2.45. The molecule has 0 N–H and O–H groups in total. The summed E-state index contributed by atoms with van der Waals surface area (Å²) in [6.07, 6.45) is 1.83. The molecule has 0 aliphatic carbocycles. The Hall–Kier alpha value is -2.20.